The predicted octanol–water partition coefficient (Wildman–Crippen LogP) is 6.57. The van der Waals surface area contributed by atoms with E-state index in [9.17, 15) is 5.26 Å². The van der Waals surface area contributed by atoms with Crippen LogP contribution in [0.1, 0.15) is 27.8 Å². The number of nitrogens with zero attached hydrogens (tertiary/aromatic N) is 1. The van der Waals surface area contributed by atoms with Crippen LogP contribution in [0.15, 0.2) is 97.1 Å². The molecule has 1 aliphatic carbocycles. The predicted molar refractivity (Wildman–Crippen MR) is 113 cm³/mol. The van der Waals surface area contributed by atoms with Crippen LogP contribution < -0.4 is 0 Å². The maximum atomic E-state index is 9.57. The van der Waals surface area contributed by atoms with Gasteiger partial charge in [-0.05, 0) is 57.6 Å². The van der Waals surface area contributed by atoms with Crippen molar-refractivity contribution in [2.75, 3.05) is 0 Å². The Kier molecular flexibility index (Phi) is 3.83. The summed E-state index contributed by atoms with van der Waals surface area (Å²) in [5, 5.41) is 10.3. The zero-order valence-electron chi connectivity index (χ0n) is 15.1. The lowest BCUT2D eigenvalue weighted by molar-refractivity contribution is 0.768. The van der Waals surface area contributed by atoms with Crippen molar-refractivity contribution in [1.29, 1.82) is 5.26 Å². The van der Waals surface area contributed by atoms with Gasteiger partial charge in [0.15, 0.2) is 0 Å². The molecule has 4 aromatic rings. The Morgan fingerprint density at radius 1 is 0.643 bits per heavy atom. The Hall–Kier alpha value is -3.34. The fraction of sp³-hybridized carbons (Fsp3) is 0.0385. The lowest BCUT2D eigenvalue weighted by Gasteiger charge is -2.34. The molecule has 0 saturated heterocycles. The molecule has 0 bridgehead atoms. The van der Waals surface area contributed by atoms with Crippen LogP contribution in [0.2, 0.25) is 5.02 Å². The summed E-state index contributed by atoms with van der Waals surface area (Å²) in [7, 11) is 0. The van der Waals surface area contributed by atoms with Crippen molar-refractivity contribution < 1.29 is 0 Å². The Bertz CT molecular complexity index is 1180. The van der Waals surface area contributed by atoms with Crippen molar-refractivity contribution in [2.24, 2.45) is 0 Å². The highest BCUT2D eigenvalue weighted by molar-refractivity contribution is 6.30. The molecule has 1 aliphatic rings. The monoisotopic (exact) mass is 377 g/mol. The van der Waals surface area contributed by atoms with Gasteiger partial charge in [-0.3, -0.25) is 0 Å². The SMILES string of the molecule is N#Cc1ccc2c(c1)C(c1ccccc1)(c1ccccc1)c1cc(Cl)ccc1-2. The van der Waals surface area contributed by atoms with Crippen LogP contribution in [0.4, 0.5) is 0 Å². The van der Waals surface area contributed by atoms with E-state index in [0.29, 0.717) is 10.6 Å². The quantitative estimate of drug-likeness (QED) is 0.341. The summed E-state index contributed by atoms with van der Waals surface area (Å²) in [6.45, 7) is 0. The topological polar surface area (TPSA) is 23.8 Å². The summed E-state index contributed by atoms with van der Waals surface area (Å²) >= 11 is 6.47. The number of halogens is 1. The van der Waals surface area contributed by atoms with Crippen molar-refractivity contribution in [3.05, 3.63) is 130 Å². The fourth-order valence-corrected chi connectivity index (χ4v) is 4.70. The van der Waals surface area contributed by atoms with Gasteiger partial charge in [0, 0.05) is 5.02 Å². The maximum Gasteiger partial charge on any atom is 0.0991 e. The second kappa shape index (κ2) is 6.37. The van der Waals surface area contributed by atoms with E-state index < -0.39 is 5.41 Å². The minimum absolute atomic E-state index is 0.509. The van der Waals surface area contributed by atoms with E-state index >= 15 is 0 Å². The number of hydrogen-bond acceptors (Lipinski definition) is 1. The van der Waals surface area contributed by atoms with E-state index in [1.165, 1.54) is 11.1 Å². The van der Waals surface area contributed by atoms with Crippen LogP contribution in [0, 0.1) is 11.3 Å². The van der Waals surface area contributed by atoms with Gasteiger partial charge in [-0.1, -0.05) is 84.4 Å². The molecule has 0 saturated carbocycles. The molecule has 0 spiro atoms. The smallest absolute Gasteiger partial charge is 0.0991 e. The summed E-state index contributed by atoms with van der Waals surface area (Å²) in [5.74, 6) is 0. The molecule has 1 nitrogen and oxygen atoms in total. The lowest BCUT2D eigenvalue weighted by Crippen LogP contribution is -2.28. The van der Waals surface area contributed by atoms with Gasteiger partial charge in [0.1, 0.15) is 0 Å². The Morgan fingerprint density at radius 2 is 1.18 bits per heavy atom. The van der Waals surface area contributed by atoms with E-state index in [4.69, 9.17) is 11.6 Å². The Morgan fingerprint density at radius 3 is 1.75 bits per heavy atom. The summed E-state index contributed by atoms with van der Waals surface area (Å²) in [5.41, 5.74) is 7.08. The van der Waals surface area contributed by atoms with Gasteiger partial charge in [0.05, 0.1) is 17.0 Å². The molecule has 0 unspecified atom stereocenters. The number of benzene rings is 4. The molecular weight excluding hydrogens is 362 g/mol. The average Bonchev–Trinajstić information content (AvgIpc) is 3.04. The number of fused-ring (bicyclic) bond motifs is 3. The summed E-state index contributed by atoms with van der Waals surface area (Å²) < 4.78 is 0. The van der Waals surface area contributed by atoms with Crippen molar-refractivity contribution in [2.45, 2.75) is 5.41 Å². The highest BCUT2D eigenvalue weighted by atomic mass is 35.5. The molecule has 0 radical (unpaired) electrons. The van der Waals surface area contributed by atoms with Crippen molar-refractivity contribution in [1.82, 2.24) is 0 Å². The van der Waals surface area contributed by atoms with Crippen molar-refractivity contribution in [3.8, 4) is 17.2 Å². The molecule has 0 fully saturated rings. The first kappa shape index (κ1) is 16.8. The van der Waals surface area contributed by atoms with Crippen LogP contribution in [-0.2, 0) is 5.41 Å². The summed E-state index contributed by atoms with van der Waals surface area (Å²) in [6.07, 6.45) is 0. The van der Waals surface area contributed by atoms with Crippen molar-refractivity contribution in [3.63, 3.8) is 0 Å². The number of hydrogen-bond donors (Lipinski definition) is 0. The molecule has 2 heteroatoms. The fourth-order valence-electron chi connectivity index (χ4n) is 4.53. The second-order valence-electron chi connectivity index (χ2n) is 7.04. The Balaban J connectivity index is 2.00. The van der Waals surface area contributed by atoms with Gasteiger partial charge < -0.3 is 0 Å². The van der Waals surface area contributed by atoms with Gasteiger partial charge in [0.25, 0.3) is 0 Å². The minimum atomic E-state index is -0.509. The van der Waals surface area contributed by atoms with E-state index in [0.717, 1.165) is 22.3 Å². The van der Waals surface area contributed by atoms with Gasteiger partial charge in [-0.25, -0.2) is 0 Å². The van der Waals surface area contributed by atoms with E-state index in [1.807, 2.05) is 30.3 Å². The van der Waals surface area contributed by atoms with Crippen LogP contribution in [0.3, 0.4) is 0 Å². The van der Waals surface area contributed by atoms with Gasteiger partial charge in [0.2, 0.25) is 0 Å². The zero-order valence-corrected chi connectivity index (χ0v) is 15.8. The first-order valence-corrected chi connectivity index (χ1v) is 9.59. The molecule has 0 aliphatic heterocycles. The zero-order chi connectivity index (χ0) is 19.1. The highest BCUT2D eigenvalue weighted by Crippen LogP contribution is 2.56. The molecule has 0 atom stereocenters. The van der Waals surface area contributed by atoms with E-state index in [2.05, 4.69) is 72.8 Å². The maximum absolute atomic E-state index is 9.57. The molecule has 5 rings (SSSR count). The third kappa shape index (κ3) is 2.26. The first-order chi connectivity index (χ1) is 13.7. The second-order valence-corrected chi connectivity index (χ2v) is 7.48. The third-order valence-electron chi connectivity index (χ3n) is 5.64. The molecule has 0 heterocycles. The molecular formula is C26H16ClN. The molecule has 4 aromatic carbocycles. The third-order valence-corrected chi connectivity index (χ3v) is 5.88. The van der Waals surface area contributed by atoms with E-state index in [1.54, 1.807) is 0 Å². The standard InChI is InChI=1S/C26H16ClN/c27-21-12-14-23-22-13-11-18(17-28)15-24(22)26(25(23)16-21,19-7-3-1-4-8-19)20-9-5-2-6-10-20/h1-16H. The molecule has 132 valence electrons. The van der Waals surface area contributed by atoms with E-state index in [-0.39, 0.29) is 0 Å². The summed E-state index contributed by atoms with van der Waals surface area (Å²) in [4.78, 5) is 0. The summed E-state index contributed by atoms with van der Waals surface area (Å²) in [6, 6.07) is 35.4. The number of rotatable bonds is 2. The van der Waals surface area contributed by atoms with Gasteiger partial charge in [-0.15, -0.1) is 0 Å². The molecule has 0 N–H and O–H groups in total. The normalized spacial score (nSPS) is 13.4. The average molecular weight is 378 g/mol. The highest BCUT2D eigenvalue weighted by Gasteiger charge is 2.46. The van der Waals surface area contributed by atoms with Crippen LogP contribution in [0.5, 0.6) is 0 Å². The van der Waals surface area contributed by atoms with Gasteiger partial charge in [-0.2, -0.15) is 5.26 Å². The number of nitriles is 1. The minimum Gasteiger partial charge on any atom is -0.192 e. The van der Waals surface area contributed by atoms with Crippen LogP contribution >= 0.6 is 11.6 Å². The molecule has 0 aromatic heterocycles. The van der Waals surface area contributed by atoms with Crippen molar-refractivity contribution >= 4 is 11.6 Å². The van der Waals surface area contributed by atoms with Crippen LogP contribution in [-0.4, -0.2) is 0 Å². The Labute approximate surface area is 169 Å². The molecule has 0 amide bonds. The van der Waals surface area contributed by atoms with Crippen LogP contribution in [0.25, 0.3) is 11.1 Å². The molecule has 28 heavy (non-hydrogen) atoms. The van der Waals surface area contributed by atoms with Gasteiger partial charge >= 0.3 is 0 Å². The largest absolute Gasteiger partial charge is 0.192 e. The lowest BCUT2D eigenvalue weighted by atomic mass is 9.67. The first-order valence-electron chi connectivity index (χ1n) is 9.21.